The lowest BCUT2D eigenvalue weighted by Crippen LogP contribution is -2.54. The van der Waals surface area contributed by atoms with Gasteiger partial charge < -0.3 is 10.2 Å². The van der Waals surface area contributed by atoms with Crippen molar-refractivity contribution >= 4 is 11.7 Å². The van der Waals surface area contributed by atoms with Crippen LogP contribution in [0, 0.1) is 5.82 Å². The van der Waals surface area contributed by atoms with Crippen molar-refractivity contribution in [1.29, 1.82) is 0 Å². The van der Waals surface area contributed by atoms with E-state index in [1.54, 1.807) is 18.3 Å². The minimum absolute atomic E-state index is 0.00406. The first-order valence-electron chi connectivity index (χ1n) is 8.55. The van der Waals surface area contributed by atoms with Crippen molar-refractivity contribution < 1.29 is 9.18 Å². The average molecular weight is 342 g/mol. The van der Waals surface area contributed by atoms with Crippen LogP contribution < -0.4 is 10.2 Å². The molecule has 1 aliphatic rings. The fourth-order valence-corrected chi connectivity index (χ4v) is 2.98. The van der Waals surface area contributed by atoms with Crippen LogP contribution in [0.25, 0.3) is 0 Å². The van der Waals surface area contributed by atoms with E-state index in [1.807, 2.05) is 25.1 Å². The van der Waals surface area contributed by atoms with E-state index in [0.29, 0.717) is 6.54 Å². The zero-order valence-corrected chi connectivity index (χ0v) is 14.4. The van der Waals surface area contributed by atoms with Crippen LogP contribution in [0.15, 0.2) is 48.7 Å². The van der Waals surface area contributed by atoms with Crippen LogP contribution in [0.2, 0.25) is 0 Å². The van der Waals surface area contributed by atoms with Gasteiger partial charge in [-0.05, 0) is 36.8 Å². The number of nitrogens with one attached hydrogen (secondary N) is 1. The second-order valence-corrected chi connectivity index (χ2v) is 6.23. The first-order chi connectivity index (χ1) is 12.1. The van der Waals surface area contributed by atoms with Crippen LogP contribution in [0.4, 0.5) is 10.2 Å². The van der Waals surface area contributed by atoms with Crippen molar-refractivity contribution in [2.24, 2.45) is 0 Å². The average Bonchev–Trinajstić information content (AvgIpc) is 2.67. The van der Waals surface area contributed by atoms with E-state index in [9.17, 15) is 9.18 Å². The van der Waals surface area contributed by atoms with Crippen LogP contribution in [-0.4, -0.2) is 48.0 Å². The topological polar surface area (TPSA) is 48.5 Å². The molecule has 5 nitrogen and oxygen atoms in total. The van der Waals surface area contributed by atoms with Gasteiger partial charge in [0.25, 0.3) is 0 Å². The fourth-order valence-electron chi connectivity index (χ4n) is 2.98. The highest BCUT2D eigenvalue weighted by atomic mass is 19.1. The number of hydrogen-bond acceptors (Lipinski definition) is 4. The maximum atomic E-state index is 12.9. The first kappa shape index (κ1) is 17.4. The Kier molecular flexibility index (Phi) is 5.60. The predicted octanol–water partition coefficient (Wildman–Crippen LogP) is 2.05. The number of hydrogen-bond donors (Lipinski definition) is 1. The molecule has 1 aliphatic heterocycles. The van der Waals surface area contributed by atoms with Crippen LogP contribution in [0.3, 0.4) is 0 Å². The van der Waals surface area contributed by atoms with Gasteiger partial charge in [-0.3, -0.25) is 9.69 Å². The molecule has 0 aliphatic carbocycles. The minimum atomic E-state index is -0.269. The van der Waals surface area contributed by atoms with Crippen molar-refractivity contribution in [1.82, 2.24) is 15.2 Å². The number of pyridine rings is 1. The summed E-state index contributed by atoms with van der Waals surface area (Å²) < 4.78 is 12.9. The van der Waals surface area contributed by atoms with Gasteiger partial charge in [0, 0.05) is 38.9 Å². The molecular weight excluding hydrogens is 319 g/mol. The maximum Gasteiger partial charge on any atom is 0.237 e. The minimum Gasteiger partial charge on any atom is -0.354 e. The summed E-state index contributed by atoms with van der Waals surface area (Å²) in [4.78, 5) is 21.2. The summed E-state index contributed by atoms with van der Waals surface area (Å²) in [5.41, 5.74) is 0.891. The molecule has 2 heterocycles. The van der Waals surface area contributed by atoms with Crippen molar-refractivity contribution in [3.8, 4) is 0 Å². The molecule has 0 saturated carbocycles. The molecular formula is C19H23FN4O. The number of carbonyl (C=O) groups excluding carboxylic acids is 1. The van der Waals surface area contributed by atoms with Gasteiger partial charge in [-0.1, -0.05) is 18.2 Å². The van der Waals surface area contributed by atoms with Gasteiger partial charge in [0.1, 0.15) is 11.6 Å². The van der Waals surface area contributed by atoms with E-state index >= 15 is 0 Å². The summed E-state index contributed by atoms with van der Waals surface area (Å²) in [5.74, 6) is 0.709. The highest BCUT2D eigenvalue weighted by Crippen LogP contribution is 2.14. The third kappa shape index (κ3) is 4.54. The number of rotatable bonds is 5. The molecule has 1 unspecified atom stereocenters. The quantitative estimate of drug-likeness (QED) is 0.903. The maximum absolute atomic E-state index is 12.9. The lowest BCUT2D eigenvalue weighted by atomic mass is 10.2. The van der Waals surface area contributed by atoms with Gasteiger partial charge in [-0.25, -0.2) is 9.37 Å². The monoisotopic (exact) mass is 342 g/mol. The summed E-state index contributed by atoms with van der Waals surface area (Å²) >= 11 is 0. The lowest BCUT2D eigenvalue weighted by molar-refractivity contribution is -0.126. The third-order valence-electron chi connectivity index (χ3n) is 4.59. The van der Waals surface area contributed by atoms with Gasteiger partial charge in [0.2, 0.25) is 5.91 Å². The molecule has 1 aromatic heterocycles. The molecule has 1 fully saturated rings. The zero-order chi connectivity index (χ0) is 17.6. The molecule has 1 amide bonds. The largest absolute Gasteiger partial charge is 0.354 e. The molecule has 132 valence electrons. The zero-order valence-electron chi connectivity index (χ0n) is 14.4. The molecule has 2 aromatic rings. The second-order valence-electron chi connectivity index (χ2n) is 6.23. The molecule has 6 heteroatoms. The summed E-state index contributed by atoms with van der Waals surface area (Å²) in [6, 6.07) is 11.9. The van der Waals surface area contributed by atoms with Gasteiger partial charge >= 0.3 is 0 Å². The Labute approximate surface area is 147 Å². The number of benzene rings is 1. The molecule has 0 spiro atoms. The Balaban J connectivity index is 1.47. The molecule has 1 N–H and O–H groups in total. The van der Waals surface area contributed by atoms with Crippen LogP contribution in [0.5, 0.6) is 0 Å². The molecule has 3 rings (SSSR count). The Hall–Kier alpha value is -2.47. The smallest absolute Gasteiger partial charge is 0.237 e. The molecule has 0 radical (unpaired) electrons. The van der Waals surface area contributed by atoms with Crippen LogP contribution in [-0.2, 0) is 11.3 Å². The number of amides is 1. The van der Waals surface area contributed by atoms with E-state index in [2.05, 4.69) is 20.1 Å². The van der Waals surface area contributed by atoms with Gasteiger partial charge in [-0.15, -0.1) is 0 Å². The summed E-state index contributed by atoms with van der Waals surface area (Å²) in [7, 11) is 0. The van der Waals surface area contributed by atoms with Gasteiger partial charge in [0.15, 0.2) is 0 Å². The number of halogens is 1. The Bertz CT molecular complexity index is 684. The number of carbonyl (C=O) groups is 1. The van der Waals surface area contributed by atoms with Gasteiger partial charge in [0.05, 0.1) is 6.04 Å². The highest BCUT2D eigenvalue weighted by Gasteiger charge is 2.25. The normalized spacial score (nSPS) is 16.5. The Morgan fingerprint density at radius 1 is 1.16 bits per heavy atom. The summed E-state index contributed by atoms with van der Waals surface area (Å²) in [5, 5.41) is 2.93. The Morgan fingerprint density at radius 3 is 2.52 bits per heavy atom. The number of nitrogens with zero attached hydrogens (tertiary/aromatic N) is 3. The second kappa shape index (κ2) is 8.07. The van der Waals surface area contributed by atoms with E-state index in [4.69, 9.17) is 0 Å². The first-order valence-corrected chi connectivity index (χ1v) is 8.55. The van der Waals surface area contributed by atoms with Crippen LogP contribution >= 0.6 is 0 Å². The number of piperazine rings is 1. The van der Waals surface area contributed by atoms with Crippen molar-refractivity contribution in [3.63, 3.8) is 0 Å². The molecule has 1 atom stereocenters. The molecule has 1 saturated heterocycles. The van der Waals surface area contributed by atoms with E-state index < -0.39 is 0 Å². The van der Waals surface area contributed by atoms with E-state index in [1.165, 1.54) is 12.1 Å². The predicted molar refractivity (Wildman–Crippen MR) is 95.7 cm³/mol. The SMILES string of the molecule is CC(C(=O)NCc1ccc(F)cc1)N1CCN(c2ccccn2)CC1. The molecule has 1 aromatic carbocycles. The third-order valence-corrected chi connectivity index (χ3v) is 4.59. The number of aromatic nitrogens is 1. The van der Waals surface area contributed by atoms with Crippen molar-refractivity contribution in [2.45, 2.75) is 19.5 Å². The van der Waals surface area contributed by atoms with Gasteiger partial charge in [-0.2, -0.15) is 0 Å². The van der Waals surface area contributed by atoms with E-state index in [-0.39, 0.29) is 17.8 Å². The van der Waals surface area contributed by atoms with Crippen molar-refractivity contribution in [3.05, 3.63) is 60.0 Å². The summed E-state index contributed by atoms with van der Waals surface area (Å²) in [6.45, 7) is 5.69. The molecule has 25 heavy (non-hydrogen) atoms. The number of anilines is 1. The van der Waals surface area contributed by atoms with Crippen molar-refractivity contribution in [2.75, 3.05) is 31.1 Å². The molecule has 0 bridgehead atoms. The van der Waals surface area contributed by atoms with E-state index in [0.717, 1.165) is 37.6 Å². The standard InChI is InChI=1S/C19H23FN4O/c1-15(19(25)22-14-16-5-7-17(20)8-6-16)23-10-12-24(13-11-23)18-4-2-3-9-21-18/h2-9,15H,10-14H2,1H3,(H,22,25). The Morgan fingerprint density at radius 2 is 1.88 bits per heavy atom. The summed E-state index contributed by atoms with van der Waals surface area (Å²) in [6.07, 6.45) is 1.80. The van der Waals surface area contributed by atoms with Crippen LogP contribution in [0.1, 0.15) is 12.5 Å². The lowest BCUT2D eigenvalue weighted by Gasteiger charge is -2.37. The highest BCUT2D eigenvalue weighted by molar-refractivity contribution is 5.81. The fraction of sp³-hybridized carbons (Fsp3) is 0.368.